The van der Waals surface area contributed by atoms with Crippen molar-refractivity contribution in [2.75, 3.05) is 18.9 Å². The lowest BCUT2D eigenvalue weighted by Crippen LogP contribution is -2.63. The van der Waals surface area contributed by atoms with E-state index in [2.05, 4.69) is 13.8 Å². The van der Waals surface area contributed by atoms with Crippen LogP contribution in [0, 0.1) is 40.4 Å². The van der Waals surface area contributed by atoms with Crippen LogP contribution in [0.1, 0.15) is 65.2 Å². The number of fused-ring (bicyclic) bond motifs is 5. The zero-order valence-corrected chi connectivity index (χ0v) is 18.8. The first kappa shape index (κ1) is 21.9. The molecule has 0 aromatic heterocycles. The van der Waals surface area contributed by atoms with Crippen molar-refractivity contribution in [3.8, 4) is 0 Å². The Balaban J connectivity index is 1.62. The molecule has 166 valence electrons. The van der Waals surface area contributed by atoms with Crippen LogP contribution >= 0.6 is 0 Å². The summed E-state index contributed by atoms with van der Waals surface area (Å²) in [6, 6.07) is 0. The van der Waals surface area contributed by atoms with Gasteiger partial charge in [0.2, 0.25) is 0 Å². The molecule has 0 bridgehead atoms. The normalized spacial score (nSPS) is 50.5. The van der Waals surface area contributed by atoms with Gasteiger partial charge in [0, 0.05) is 46.2 Å². The highest BCUT2D eigenvalue weighted by molar-refractivity contribution is 7.85. The molecule has 0 aromatic rings. The van der Waals surface area contributed by atoms with Crippen LogP contribution in [0.5, 0.6) is 0 Å². The molecule has 4 aliphatic rings. The lowest BCUT2D eigenvalue weighted by molar-refractivity contribution is -0.195. The van der Waals surface area contributed by atoms with Crippen LogP contribution in [0.25, 0.3) is 0 Å². The first-order valence-electron chi connectivity index (χ1n) is 11.7. The number of Topliss-reactive ketones (excluding diaryl/α,β-unsaturated/α-hetero) is 1. The second kappa shape index (κ2) is 7.99. The van der Waals surface area contributed by atoms with Crippen molar-refractivity contribution >= 4 is 16.6 Å². The van der Waals surface area contributed by atoms with Gasteiger partial charge in [0.1, 0.15) is 5.78 Å². The molecule has 5 unspecified atom stereocenters. The Labute approximate surface area is 177 Å². The van der Waals surface area contributed by atoms with E-state index in [1.807, 2.05) is 0 Å². The van der Waals surface area contributed by atoms with Gasteiger partial charge in [0.15, 0.2) is 0 Å². The van der Waals surface area contributed by atoms with Crippen LogP contribution in [-0.4, -0.2) is 50.5 Å². The molecule has 4 rings (SSSR count). The van der Waals surface area contributed by atoms with E-state index in [1.54, 1.807) is 0 Å². The number of aliphatic hydroxyl groups is 2. The molecule has 0 heterocycles. The first-order chi connectivity index (χ1) is 13.8. The third kappa shape index (κ3) is 3.28. The summed E-state index contributed by atoms with van der Waals surface area (Å²) in [5, 5.41) is 21.9. The van der Waals surface area contributed by atoms with Crippen molar-refractivity contribution in [2.24, 2.45) is 46.2 Å². The van der Waals surface area contributed by atoms with E-state index < -0.39 is 16.9 Å². The molecule has 10 atom stereocenters. The number of carbonyl (C=O) groups is 1. The highest BCUT2D eigenvalue weighted by atomic mass is 32.2. The van der Waals surface area contributed by atoms with E-state index in [0.29, 0.717) is 30.4 Å². The molecule has 0 radical (unpaired) electrons. The van der Waals surface area contributed by atoms with Gasteiger partial charge in [-0.3, -0.25) is 9.00 Å². The van der Waals surface area contributed by atoms with E-state index in [-0.39, 0.29) is 46.4 Å². The van der Waals surface area contributed by atoms with E-state index in [4.69, 9.17) is 5.73 Å². The van der Waals surface area contributed by atoms with Crippen LogP contribution in [0.2, 0.25) is 0 Å². The van der Waals surface area contributed by atoms with E-state index in [9.17, 15) is 19.2 Å². The van der Waals surface area contributed by atoms with E-state index >= 15 is 0 Å². The van der Waals surface area contributed by atoms with E-state index in [1.165, 1.54) is 0 Å². The average Bonchev–Trinajstić information content (AvgIpc) is 3.01. The van der Waals surface area contributed by atoms with Gasteiger partial charge in [-0.1, -0.05) is 13.8 Å². The maximum atomic E-state index is 12.8. The molecular weight excluding hydrogens is 386 g/mol. The van der Waals surface area contributed by atoms with Crippen molar-refractivity contribution < 1.29 is 19.2 Å². The Morgan fingerprint density at radius 3 is 2.59 bits per heavy atom. The van der Waals surface area contributed by atoms with Gasteiger partial charge in [0.05, 0.1) is 6.10 Å². The second-order valence-corrected chi connectivity index (χ2v) is 12.6. The molecule has 4 aliphatic carbocycles. The van der Waals surface area contributed by atoms with Gasteiger partial charge in [-0.25, -0.2) is 0 Å². The van der Waals surface area contributed by atoms with Gasteiger partial charge in [-0.15, -0.1) is 0 Å². The third-order valence-corrected chi connectivity index (χ3v) is 11.6. The minimum Gasteiger partial charge on any atom is -0.396 e. The fourth-order valence-electron chi connectivity index (χ4n) is 8.05. The van der Waals surface area contributed by atoms with Crippen molar-refractivity contribution in [3.63, 3.8) is 0 Å². The summed E-state index contributed by atoms with van der Waals surface area (Å²) >= 11 is 0. The molecule has 5 nitrogen and oxygen atoms in total. The van der Waals surface area contributed by atoms with Crippen molar-refractivity contribution in [1.82, 2.24) is 0 Å². The van der Waals surface area contributed by atoms with Gasteiger partial charge >= 0.3 is 0 Å². The molecule has 0 spiro atoms. The third-order valence-electron chi connectivity index (χ3n) is 9.74. The maximum absolute atomic E-state index is 12.8. The standard InChI is InChI=1S/C23H39NO4S/c1-22-8-6-14(29(28)11-3-10-24)12-18(22)15(13-25)21(27)20-16-4-5-19(26)23(16,2)9-7-17(20)22/h14-18,20-21,25,27H,3-13,24H2,1-2H3/t14?,15?,16-,17+,18?,20-,21?,22+,23-,29?/m0/s1. The minimum atomic E-state index is -0.881. The average molecular weight is 426 g/mol. The summed E-state index contributed by atoms with van der Waals surface area (Å²) in [6.45, 7) is 5.03. The monoisotopic (exact) mass is 425 g/mol. The summed E-state index contributed by atoms with van der Waals surface area (Å²) in [6.07, 6.45) is 6.49. The highest BCUT2D eigenvalue weighted by Gasteiger charge is 2.65. The summed E-state index contributed by atoms with van der Waals surface area (Å²) in [5.74, 6) is 1.81. The molecule has 0 aromatic carbocycles. The molecule has 4 saturated carbocycles. The smallest absolute Gasteiger partial charge is 0.139 e. The van der Waals surface area contributed by atoms with Gasteiger partial charge in [-0.2, -0.15) is 0 Å². The van der Waals surface area contributed by atoms with Gasteiger partial charge in [-0.05, 0) is 80.6 Å². The largest absolute Gasteiger partial charge is 0.396 e. The number of aliphatic hydroxyl groups excluding tert-OH is 2. The van der Waals surface area contributed by atoms with Crippen LogP contribution in [0.4, 0.5) is 0 Å². The van der Waals surface area contributed by atoms with Crippen molar-refractivity contribution in [3.05, 3.63) is 0 Å². The van der Waals surface area contributed by atoms with Crippen LogP contribution < -0.4 is 5.73 Å². The van der Waals surface area contributed by atoms with Crippen LogP contribution in [0.3, 0.4) is 0 Å². The molecule has 4 N–H and O–H groups in total. The minimum absolute atomic E-state index is 0.0236. The second-order valence-electron chi connectivity index (χ2n) is 10.8. The van der Waals surface area contributed by atoms with Crippen LogP contribution in [0.15, 0.2) is 0 Å². The Bertz CT molecular complexity index is 671. The molecule has 29 heavy (non-hydrogen) atoms. The SMILES string of the molecule is C[C@]12CCC(S(=O)CCCN)CC1C(CO)C(O)[C@@H]1[C@H]2CC[C@]2(C)C(=O)CC[C@@H]12. The highest BCUT2D eigenvalue weighted by Crippen LogP contribution is 2.66. The summed E-state index contributed by atoms with van der Waals surface area (Å²) in [4.78, 5) is 12.7. The lowest BCUT2D eigenvalue weighted by atomic mass is 9.42. The summed E-state index contributed by atoms with van der Waals surface area (Å²) in [7, 11) is -0.881. The molecule has 6 heteroatoms. The molecule has 4 fully saturated rings. The fraction of sp³-hybridized carbons (Fsp3) is 0.957. The number of nitrogens with two attached hydrogens (primary N) is 1. The van der Waals surface area contributed by atoms with Crippen molar-refractivity contribution in [1.29, 1.82) is 0 Å². The predicted octanol–water partition coefficient (Wildman–Crippen LogP) is 2.25. The fourth-order valence-corrected chi connectivity index (χ4v) is 9.64. The number of ketones is 1. The zero-order valence-electron chi connectivity index (χ0n) is 18.0. The van der Waals surface area contributed by atoms with Gasteiger partial charge in [0.25, 0.3) is 0 Å². The lowest BCUT2D eigenvalue weighted by Gasteiger charge is -2.63. The Hall–Kier alpha value is -0.300. The quantitative estimate of drug-likeness (QED) is 0.627. The molecule has 0 saturated heterocycles. The Kier molecular flexibility index (Phi) is 6.04. The number of rotatable bonds is 5. The van der Waals surface area contributed by atoms with E-state index in [0.717, 1.165) is 44.9 Å². The first-order valence-corrected chi connectivity index (χ1v) is 13.1. The van der Waals surface area contributed by atoms with Crippen LogP contribution in [-0.2, 0) is 15.6 Å². The Morgan fingerprint density at radius 1 is 1.14 bits per heavy atom. The van der Waals surface area contributed by atoms with Gasteiger partial charge < -0.3 is 15.9 Å². The number of hydrogen-bond acceptors (Lipinski definition) is 5. The van der Waals surface area contributed by atoms with Crippen molar-refractivity contribution in [2.45, 2.75) is 76.6 Å². The zero-order chi connectivity index (χ0) is 21.0. The number of hydrogen-bond donors (Lipinski definition) is 3. The Morgan fingerprint density at radius 2 is 1.90 bits per heavy atom. The predicted molar refractivity (Wildman–Crippen MR) is 115 cm³/mol. The topological polar surface area (TPSA) is 101 Å². The molecule has 0 amide bonds. The molecular formula is C23H39NO4S. The molecule has 0 aliphatic heterocycles. The summed E-state index contributed by atoms with van der Waals surface area (Å²) in [5.41, 5.74) is 5.38. The number of carbonyl (C=O) groups excluding carboxylic acids is 1. The maximum Gasteiger partial charge on any atom is 0.139 e. The summed E-state index contributed by atoms with van der Waals surface area (Å²) < 4.78 is 12.8.